The second-order valence-electron chi connectivity index (χ2n) is 7.08. The van der Waals surface area contributed by atoms with E-state index in [1.807, 2.05) is 42.5 Å². The molecule has 8 heteroatoms. The van der Waals surface area contributed by atoms with Gasteiger partial charge in [0.2, 0.25) is 17.7 Å². The molecule has 0 radical (unpaired) electrons. The van der Waals surface area contributed by atoms with Crippen molar-refractivity contribution in [2.45, 2.75) is 0 Å². The Bertz CT molecular complexity index is 1490. The fourth-order valence-corrected chi connectivity index (χ4v) is 3.29. The highest BCUT2D eigenvalue weighted by atomic mass is 16.5. The van der Waals surface area contributed by atoms with Crippen LogP contribution < -0.4 is 15.8 Å². The number of fused-ring (bicyclic) bond motifs is 2. The molecule has 5 aromatic rings. The number of ether oxygens (including phenoxy) is 1. The number of carbonyl (C=O) groups excluding carboxylic acids is 1. The molecule has 0 spiro atoms. The van der Waals surface area contributed by atoms with E-state index in [1.54, 1.807) is 41.0 Å². The molecule has 0 bridgehead atoms. The maximum Gasteiger partial charge on any atom is 0.248 e. The molecular weight excluding hydrogens is 404 g/mol. The van der Waals surface area contributed by atoms with Crippen LogP contribution in [0.4, 0.5) is 11.6 Å². The molecule has 0 fully saturated rings. The summed E-state index contributed by atoms with van der Waals surface area (Å²) in [4.78, 5) is 20.4. The quantitative estimate of drug-likeness (QED) is 0.395. The molecule has 0 saturated heterocycles. The maximum absolute atomic E-state index is 11.4. The van der Waals surface area contributed by atoms with E-state index in [0.717, 1.165) is 16.6 Å². The number of rotatable bonds is 6. The van der Waals surface area contributed by atoms with Crippen molar-refractivity contribution in [3.8, 4) is 11.6 Å². The van der Waals surface area contributed by atoms with E-state index in [9.17, 15) is 4.79 Å². The number of nitrogens with zero attached hydrogens (tertiary/aromatic N) is 4. The van der Waals surface area contributed by atoms with Crippen LogP contribution in [0.1, 0.15) is 5.56 Å². The van der Waals surface area contributed by atoms with Crippen molar-refractivity contribution in [3.05, 3.63) is 91.1 Å². The van der Waals surface area contributed by atoms with Gasteiger partial charge in [-0.3, -0.25) is 9.78 Å². The number of nitrogens with one attached hydrogen (secondary N) is 1. The summed E-state index contributed by atoms with van der Waals surface area (Å²) in [6, 6.07) is 22.3. The molecule has 2 aromatic carbocycles. The molecule has 1 amide bonds. The van der Waals surface area contributed by atoms with E-state index in [-0.39, 0.29) is 5.57 Å². The third-order valence-electron chi connectivity index (χ3n) is 4.87. The summed E-state index contributed by atoms with van der Waals surface area (Å²) in [5.41, 5.74) is 8.43. The van der Waals surface area contributed by atoms with E-state index in [0.29, 0.717) is 28.8 Å². The van der Waals surface area contributed by atoms with Crippen molar-refractivity contribution in [1.29, 1.82) is 0 Å². The largest absolute Gasteiger partial charge is 0.439 e. The van der Waals surface area contributed by atoms with Gasteiger partial charge in [0.15, 0.2) is 5.65 Å². The lowest BCUT2D eigenvalue weighted by Crippen LogP contribution is -2.11. The zero-order chi connectivity index (χ0) is 22.1. The molecule has 5 rings (SSSR count). The lowest BCUT2D eigenvalue weighted by Gasteiger charge is -2.09. The number of primary amides is 1. The van der Waals surface area contributed by atoms with Gasteiger partial charge in [-0.15, -0.1) is 5.10 Å². The van der Waals surface area contributed by atoms with Crippen LogP contribution in [0.5, 0.6) is 11.6 Å². The molecule has 3 heterocycles. The van der Waals surface area contributed by atoms with Crippen LogP contribution in [0.3, 0.4) is 0 Å². The highest BCUT2D eigenvalue weighted by Crippen LogP contribution is 2.26. The van der Waals surface area contributed by atoms with Crippen LogP contribution >= 0.6 is 0 Å². The minimum absolute atomic E-state index is 0.213. The summed E-state index contributed by atoms with van der Waals surface area (Å²) >= 11 is 0. The van der Waals surface area contributed by atoms with Gasteiger partial charge in [0.05, 0.1) is 17.4 Å². The molecule has 0 saturated carbocycles. The fourth-order valence-electron chi connectivity index (χ4n) is 3.29. The average Bonchev–Trinajstić information content (AvgIpc) is 3.22. The Labute approximate surface area is 183 Å². The number of aromatic nitrogens is 4. The minimum Gasteiger partial charge on any atom is -0.439 e. The number of pyridine rings is 2. The Kier molecular flexibility index (Phi) is 4.72. The Balaban J connectivity index is 1.44. The van der Waals surface area contributed by atoms with Crippen molar-refractivity contribution < 1.29 is 9.53 Å². The fraction of sp³-hybridized carbons (Fsp3) is 0. The first-order chi connectivity index (χ1) is 15.6. The molecule has 0 atom stereocenters. The van der Waals surface area contributed by atoms with Crippen LogP contribution in [-0.2, 0) is 4.79 Å². The van der Waals surface area contributed by atoms with E-state index in [2.05, 4.69) is 27.0 Å². The standard InChI is InChI=1S/C24H18N6O2/c1-15(23(25)31)16-7-4-8-19(13-16)32-22-11-5-10-21-28-24(29-30(21)22)27-18-12-17-6-2-3-9-20(17)26-14-18/h2-14H,1H2,(H2,25,31)(H,27,29). The number of hydrogen-bond acceptors (Lipinski definition) is 6. The number of carbonyl (C=O) groups is 1. The van der Waals surface area contributed by atoms with Crippen LogP contribution in [-0.4, -0.2) is 25.5 Å². The minimum atomic E-state index is -0.584. The molecular formula is C24H18N6O2. The summed E-state index contributed by atoms with van der Waals surface area (Å²) < 4.78 is 7.60. The molecule has 3 N–H and O–H groups in total. The summed E-state index contributed by atoms with van der Waals surface area (Å²) in [5.74, 6) is 0.802. The summed E-state index contributed by atoms with van der Waals surface area (Å²) in [7, 11) is 0. The molecule has 3 aromatic heterocycles. The van der Waals surface area contributed by atoms with E-state index in [4.69, 9.17) is 10.5 Å². The van der Waals surface area contributed by atoms with Crippen LogP contribution in [0.25, 0.3) is 22.1 Å². The number of amides is 1. The number of anilines is 2. The van der Waals surface area contributed by atoms with Crippen LogP contribution in [0.15, 0.2) is 85.6 Å². The highest BCUT2D eigenvalue weighted by molar-refractivity contribution is 6.17. The van der Waals surface area contributed by atoms with Gasteiger partial charge in [0.1, 0.15) is 5.75 Å². The normalized spacial score (nSPS) is 10.9. The van der Waals surface area contributed by atoms with Gasteiger partial charge >= 0.3 is 0 Å². The van der Waals surface area contributed by atoms with Gasteiger partial charge in [-0.2, -0.15) is 9.50 Å². The monoisotopic (exact) mass is 422 g/mol. The Morgan fingerprint density at radius 3 is 2.75 bits per heavy atom. The third kappa shape index (κ3) is 3.72. The maximum atomic E-state index is 11.4. The molecule has 0 aliphatic rings. The van der Waals surface area contributed by atoms with E-state index < -0.39 is 5.91 Å². The topological polar surface area (TPSA) is 107 Å². The average molecular weight is 422 g/mol. The van der Waals surface area contributed by atoms with Crippen molar-refractivity contribution in [2.75, 3.05) is 5.32 Å². The summed E-state index contributed by atoms with van der Waals surface area (Å²) in [6.07, 6.45) is 1.74. The predicted molar refractivity (Wildman–Crippen MR) is 123 cm³/mol. The third-order valence-corrected chi connectivity index (χ3v) is 4.87. The SMILES string of the molecule is C=C(C(N)=O)c1cccc(Oc2cccc3nc(Nc4cnc5ccccc5c4)nn23)c1. The van der Waals surface area contributed by atoms with Gasteiger partial charge in [0.25, 0.3) is 0 Å². The molecule has 0 aliphatic carbocycles. The lowest BCUT2D eigenvalue weighted by molar-refractivity contribution is -0.112. The van der Waals surface area contributed by atoms with Crippen LogP contribution in [0, 0.1) is 0 Å². The molecule has 156 valence electrons. The van der Waals surface area contributed by atoms with Gasteiger partial charge < -0.3 is 15.8 Å². The van der Waals surface area contributed by atoms with E-state index in [1.165, 1.54) is 0 Å². The van der Waals surface area contributed by atoms with E-state index >= 15 is 0 Å². The first-order valence-corrected chi connectivity index (χ1v) is 9.81. The van der Waals surface area contributed by atoms with Crippen molar-refractivity contribution in [1.82, 2.24) is 19.6 Å². The number of para-hydroxylation sites is 1. The molecule has 0 aliphatic heterocycles. The first-order valence-electron chi connectivity index (χ1n) is 9.81. The highest BCUT2D eigenvalue weighted by Gasteiger charge is 2.11. The van der Waals surface area contributed by atoms with Gasteiger partial charge in [-0.25, -0.2) is 0 Å². The smallest absolute Gasteiger partial charge is 0.248 e. The Morgan fingerprint density at radius 2 is 1.88 bits per heavy atom. The molecule has 0 unspecified atom stereocenters. The number of benzene rings is 2. The van der Waals surface area contributed by atoms with Crippen LogP contribution in [0.2, 0.25) is 0 Å². The van der Waals surface area contributed by atoms with Crippen molar-refractivity contribution >= 4 is 39.7 Å². The Morgan fingerprint density at radius 1 is 1.03 bits per heavy atom. The first kappa shape index (κ1) is 19.3. The van der Waals surface area contributed by atoms with Gasteiger partial charge in [0, 0.05) is 17.0 Å². The second-order valence-corrected chi connectivity index (χ2v) is 7.08. The second kappa shape index (κ2) is 7.84. The van der Waals surface area contributed by atoms with Crippen molar-refractivity contribution in [2.24, 2.45) is 5.73 Å². The number of nitrogens with two attached hydrogens (primary N) is 1. The molecule has 8 nitrogen and oxygen atoms in total. The lowest BCUT2D eigenvalue weighted by atomic mass is 10.1. The summed E-state index contributed by atoms with van der Waals surface area (Å²) in [6.45, 7) is 3.71. The Hall–Kier alpha value is -4.72. The molecule has 32 heavy (non-hydrogen) atoms. The van der Waals surface area contributed by atoms with Crippen molar-refractivity contribution in [3.63, 3.8) is 0 Å². The van der Waals surface area contributed by atoms with Gasteiger partial charge in [-0.05, 0) is 35.9 Å². The van der Waals surface area contributed by atoms with Gasteiger partial charge in [-0.1, -0.05) is 43.0 Å². The zero-order valence-corrected chi connectivity index (χ0v) is 16.9. The predicted octanol–water partition coefficient (Wildman–Crippen LogP) is 4.31. The zero-order valence-electron chi connectivity index (χ0n) is 16.9. The summed E-state index contributed by atoms with van der Waals surface area (Å²) in [5, 5.41) is 8.73. The number of hydrogen-bond donors (Lipinski definition) is 2.